The number of carbonyl (C=O) groups excluding carboxylic acids is 1. The Morgan fingerprint density at radius 3 is 2.89 bits per heavy atom. The Kier molecular flexibility index (Phi) is 3.61. The van der Waals surface area contributed by atoms with E-state index >= 15 is 0 Å². The lowest BCUT2D eigenvalue weighted by molar-refractivity contribution is 0.0606. The fraction of sp³-hybridized carbons (Fsp3) is 0.364. The molecule has 0 aliphatic rings. The standard InChI is InChI=1S/C11H14N4O2S/c1-7(2)15-6-8(4-13-15)14-11-12-5-9(18-11)10(16)17-3/h4-7H,1-3H3,(H,12,14). The van der Waals surface area contributed by atoms with Gasteiger partial charge in [0, 0.05) is 12.2 Å². The molecule has 2 heterocycles. The molecule has 2 aromatic heterocycles. The average Bonchev–Trinajstić information content (AvgIpc) is 2.98. The number of rotatable bonds is 4. The smallest absolute Gasteiger partial charge is 0.349 e. The molecule has 0 radical (unpaired) electrons. The van der Waals surface area contributed by atoms with Gasteiger partial charge in [-0.15, -0.1) is 0 Å². The van der Waals surface area contributed by atoms with Gasteiger partial charge in [0.1, 0.15) is 4.88 Å². The molecule has 0 unspecified atom stereocenters. The average molecular weight is 266 g/mol. The number of nitrogens with one attached hydrogen (secondary N) is 1. The van der Waals surface area contributed by atoms with Crippen LogP contribution in [0.25, 0.3) is 0 Å². The Balaban J connectivity index is 2.08. The zero-order valence-electron chi connectivity index (χ0n) is 10.4. The van der Waals surface area contributed by atoms with Gasteiger partial charge in [0.25, 0.3) is 0 Å². The molecule has 0 saturated carbocycles. The summed E-state index contributed by atoms with van der Waals surface area (Å²) >= 11 is 1.24. The van der Waals surface area contributed by atoms with Crippen LogP contribution in [0.4, 0.5) is 10.8 Å². The fourth-order valence-corrected chi connectivity index (χ4v) is 2.09. The van der Waals surface area contributed by atoms with E-state index in [2.05, 4.69) is 34.0 Å². The first-order valence-electron chi connectivity index (χ1n) is 5.45. The minimum atomic E-state index is -0.376. The maximum atomic E-state index is 11.3. The lowest BCUT2D eigenvalue weighted by Gasteiger charge is -2.03. The Morgan fingerprint density at radius 2 is 2.28 bits per heavy atom. The molecule has 0 aliphatic heterocycles. The summed E-state index contributed by atoms with van der Waals surface area (Å²) in [5.74, 6) is -0.376. The third-order valence-corrected chi connectivity index (χ3v) is 3.17. The van der Waals surface area contributed by atoms with Gasteiger partial charge < -0.3 is 10.1 Å². The molecule has 7 heteroatoms. The Hall–Kier alpha value is -1.89. The van der Waals surface area contributed by atoms with E-state index in [0.29, 0.717) is 16.1 Å². The lowest BCUT2D eigenvalue weighted by atomic mass is 10.4. The molecule has 2 rings (SSSR count). The highest BCUT2D eigenvalue weighted by Gasteiger charge is 2.11. The summed E-state index contributed by atoms with van der Waals surface area (Å²) in [6.45, 7) is 4.10. The molecule has 0 saturated heterocycles. The summed E-state index contributed by atoms with van der Waals surface area (Å²) in [7, 11) is 1.35. The molecule has 2 aromatic rings. The fourth-order valence-electron chi connectivity index (χ4n) is 1.34. The van der Waals surface area contributed by atoms with Crippen molar-refractivity contribution in [1.29, 1.82) is 0 Å². The van der Waals surface area contributed by atoms with Gasteiger partial charge >= 0.3 is 5.97 Å². The van der Waals surface area contributed by atoms with Crippen LogP contribution in [0.15, 0.2) is 18.6 Å². The number of carbonyl (C=O) groups is 1. The molecule has 6 nitrogen and oxygen atoms in total. The van der Waals surface area contributed by atoms with Crippen LogP contribution in [0.5, 0.6) is 0 Å². The Morgan fingerprint density at radius 1 is 1.50 bits per heavy atom. The third kappa shape index (κ3) is 2.67. The highest BCUT2D eigenvalue weighted by Crippen LogP contribution is 2.23. The largest absolute Gasteiger partial charge is 0.465 e. The number of ether oxygens (including phenoxy) is 1. The number of hydrogen-bond acceptors (Lipinski definition) is 6. The molecule has 0 fully saturated rings. The molecule has 0 spiro atoms. The first-order valence-corrected chi connectivity index (χ1v) is 6.27. The van der Waals surface area contributed by atoms with Gasteiger partial charge in [0.2, 0.25) is 0 Å². The maximum absolute atomic E-state index is 11.3. The maximum Gasteiger partial charge on any atom is 0.349 e. The van der Waals surface area contributed by atoms with Gasteiger partial charge in [0.15, 0.2) is 5.13 Å². The summed E-state index contributed by atoms with van der Waals surface area (Å²) in [5.41, 5.74) is 0.842. The minimum Gasteiger partial charge on any atom is -0.465 e. The van der Waals surface area contributed by atoms with E-state index in [-0.39, 0.29) is 5.97 Å². The molecule has 96 valence electrons. The molecular formula is C11H14N4O2S. The van der Waals surface area contributed by atoms with Crippen LogP contribution in [0.3, 0.4) is 0 Å². The first kappa shape index (κ1) is 12.6. The number of esters is 1. The molecule has 1 N–H and O–H groups in total. The van der Waals surface area contributed by atoms with E-state index < -0.39 is 0 Å². The second-order valence-electron chi connectivity index (χ2n) is 3.95. The molecule has 18 heavy (non-hydrogen) atoms. The van der Waals surface area contributed by atoms with Gasteiger partial charge in [-0.05, 0) is 13.8 Å². The summed E-state index contributed by atoms with van der Waals surface area (Å²) < 4.78 is 6.47. The number of anilines is 2. The van der Waals surface area contributed by atoms with E-state index in [0.717, 1.165) is 5.69 Å². The number of thiazole rings is 1. The predicted molar refractivity (Wildman–Crippen MR) is 69.3 cm³/mol. The van der Waals surface area contributed by atoms with E-state index in [1.807, 2.05) is 10.9 Å². The zero-order chi connectivity index (χ0) is 13.1. The van der Waals surface area contributed by atoms with Crippen molar-refractivity contribution in [2.45, 2.75) is 19.9 Å². The highest BCUT2D eigenvalue weighted by atomic mass is 32.1. The van der Waals surface area contributed by atoms with E-state index in [9.17, 15) is 4.79 Å². The van der Waals surface area contributed by atoms with Crippen molar-refractivity contribution in [2.75, 3.05) is 12.4 Å². The molecule has 0 aliphatic carbocycles. The zero-order valence-corrected chi connectivity index (χ0v) is 11.2. The summed E-state index contributed by atoms with van der Waals surface area (Å²) in [5, 5.41) is 7.94. The van der Waals surface area contributed by atoms with E-state index in [1.165, 1.54) is 24.6 Å². The molecule has 0 amide bonds. The SMILES string of the molecule is COC(=O)c1cnc(Nc2cnn(C(C)C)c2)s1. The second kappa shape index (κ2) is 5.18. The minimum absolute atomic E-state index is 0.308. The van der Waals surface area contributed by atoms with Gasteiger partial charge in [-0.1, -0.05) is 11.3 Å². The van der Waals surface area contributed by atoms with Crippen molar-refractivity contribution >= 4 is 28.1 Å². The number of hydrogen-bond donors (Lipinski definition) is 1. The Labute approximate surface area is 109 Å². The second-order valence-corrected chi connectivity index (χ2v) is 4.98. The van der Waals surface area contributed by atoms with Crippen LogP contribution in [0.1, 0.15) is 29.6 Å². The highest BCUT2D eigenvalue weighted by molar-refractivity contribution is 7.17. The summed E-state index contributed by atoms with van der Waals surface area (Å²) in [4.78, 5) is 15.8. The number of nitrogens with zero attached hydrogens (tertiary/aromatic N) is 3. The van der Waals surface area contributed by atoms with E-state index in [1.54, 1.807) is 6.20 Å². The summed E-state index contributed by atoms with van der Waals surface area (Å²) in [6, 6.07) is 0.308. The van der Waals surface area contributed by atoms with Crippen LogP contribution in [0, 0.1) is 0 Å². The van der Waals surface area contributed by atoms with E-state index in [4.69, 9.17) is 0 Å². The quantitative estimate of drug-likeness (QED) is 0.861. The van der Waals surface area contributed by atoms with Crippen LogP contribution >= 0.6 is 11.3 Å². The van der Waals surface area contributed by atoms with Crippen molar-refractivity contribution < 1.29 is 9.53 Å². The lowest BCUT2D eigenvalue weighted by Crippen LogP contribution is -1.99. The van der Waals surface area contributed by atoms with Crippen LogP contribution in [-0.4, -0.2) is 27.8 Å². The van der Waals surface area contributed by atoms with Crippen molar-refractivity contribution in [2.24, 2.45) is 0 Å². The van der Waals surface area contributed by atoms with Gasteiger partial charge in [0.05, 0.1) is 25.2 Å². The van der Waals surface area contributed by atoms with Gasteiger partial charge in [-0.3, -0.25) is 4.68 Å². The Bertz CT molecular complexity index is 547. The molecule has 0 atom stereocenters. The van der Waals surface area contributed by atoms with Crippen molar-refractivity contribution in [1.82, 2.24) is 14.8 Å². The first-order chi connectivity index (χ1) is 8.60. The van der Waals surface area contributed by atoms with Crippen LogP contribution in [0.2, 0.25) is 0 Å². The normalized spacial score (nSPS) is 10.7. The molecule has 0 aromatic carbocycles. The predicted octanol–water partition coefficient (Wildman–Crippen LogP) is 2.45. The molecular weight excluding hydrogens is 252 g/mol. The topological polar surface area (TPSA) is 69.0 Å². The van der Waals surface area contributed by atoms with Gasteiger partial charge in [-0.25, -0.2) is 9.78 Å². The van der Waals surface area contributed by atoms with Crippen molar-refractivity contribution in [3.05, 3.63) is 23.5 Å². The third-order valence-electron chi connectivity index (χ3n) is 2.27. The summed E-state index contributed by atoms with van der Waals surface area (Å²) in [6.07, 6.45) is 5.11. The van der Waals surface area contributed by atoms with Crippen molar-refractivity contribution in [3.63, 3.8) is 0 Å². The van der Waals surface area contributed by atoms with Gasteiger partial charge in [-0.2, -0.15) is 5.10 Å². The van der Waals surface area contributed by atoms with Crippen LogP contribution < -0.4 is 5.32 Å². The monoisotopic (exact) mass is 266 g/mol. The number of aromatic nitrogens is 3. The number of methoxy groups -OCH3 is 1. The van der Waals surface area contributed by atoms with Crippen molar-refractivity contribution in [3.8, 4) is 0 Å². The van der Waals surface area contributed by atoms with Crippen LogP contribution in [-0.2, 0) is 4.74 Å². The molecule has 0 bridgehead atoms.